The number of carboxylic acids is 1. The van der Waals surface area contributed by atoms with Crippen molar-refractivity contribution in [3.63, 3.8) is 0 Å². The van der Waals surface area contributed by atoms with Crippen LogP contribution in [0.15, 0.2) is 18.2 Å². The van der Waals surface area contributed by atoms with Crippen LogP contribution >= 0.6 is 11.6 Å². The number of aromatic nitrogens is 1. The number of rotatable bonds is 1. The Bertz CT molecular complexity index is 518. The van der Waals surface area contributed by atoms with Gasteiger partial charge in [-0.25, -0.2) is 4.79 Å². The van der Waals surface area contributed by atoms with E-state index in [-0.39, 0.29) is 11.4 Å². The normalized spacial score (nSPS) is 10.6. The number of aromatic hydroxyl groups is 1. The van der Waals surface area contributed by atoms with E-state index in [1.807, 2.05) is 0 Å². The van der Waals surface area contributed by atoms with Gasteiger partial charge in [-0.1, -0.05) is 11.6 Å². The van der Waals surface area contributed by atoms with Crippen LogP contribution in [-0.2, 0) is 0 Å². The van der Waals surface area contributed by atoms with Crippen molar-refractivity contribution < 1.29 is 15.0 Å². The summed E-state index contributed by atoms with van der Waals surface area (Å²) in [6.45, 7) is 0. The second kappa shape index (κ2) is 2.92. The molecule has 14 heavy (non-hydrogen) atoms. The van der Waals surface area contributed by atoms with Crippen LogP contribution in [0.1, 0.15) is 10.5 Å². The summed E-state index contributed by atoms with van der Waals surface area (Å²) in [5, 5.41) is 19.0. The van der Waals surface area contributed by atoms with Gasteiger partial charge in [-0.2, -0.15) is 0 Å². The number of benzene rings is 1. The number of fused-ring (bicyclic) bond motifs is 1. The SMILES string of the molecule is O=C(O)c1cc2c(O)cc(Cl)cc2[nH]1. The minimum atomic E-state index is -1.07. The van der Waals surface area contributed by atoms with Gasteiger partial charge in [0.15, 0.2) is 0 Å². The Kier molecular flexibility index (Phi) is 1.86. The second-order valence-corrected chi connectivity index (χ2v) is 3.31. The van der Waals surface area contributed by atoms with Gasteiger partial charge in [0.25, 0.3) is 0 Å². The van der Waals surface area contributed by atoms with E-state index in [1.54, 1.807) is 6.07 Å². The van der Waals surface area contributed by atoms with Crippen molar-refractivity contribution in [1.82, 2.24) is 4.98 Å². The minimum Gasteiger partial charge on any atom is -0.507 e. The molecule has 0 spiro atoms. The first-order chi connectivity index (χ1) is 6.58. The van der Waals surface area contributed by atoms with Crippen LogP contribution in [0.4, 0.5) is 0 Å². The van der Waals surface area contributed by atoms with Gasteiger partial charge in [-0.15, -0.1) is 0 Å². The van der Waals surface area contributed by atoms with Gasteiger partial charge < -0.3 is 15.2 Å². The number of nitrogens with one attached hydrogen (secondary N) is 1. The van der Waals surface area contributed by atoms with Crippen molar-refractivity contribution in [1.29, 1.82) is 0 Å². The van der Waals surface area contributed by atoms with Crippen molar-refractivity contribution in [3.05, 3.63) is 28.9 Å². The van der Waals surface area contributed by atoms with Gasteiger partial charge in [-0.3, -0.25) is 0 Å². The zero-order valence-electron chi connectivity index (χ0n) is 6.91. The van der Waals surface area contributed by atoms with Crippen LogP contribution in [0.25, 0.3) is 10.9 Å². The lowest BCUT2D eigenvalue weighted by atomic mass is 10.2. The van der Waals surface area contributed by atoms with Gasteiger partial charge in [0, 0.05) is 10.4 Å². The molecule has 2 aromatic rings. The van der Waals surface area contributed by atoms with Crippen LogP contribution in [0.3, 0.4) is 0 Å². The topological polar surface area (TPSA) is 73.3 Å². The number of halogens is 1. The predicted molar refractivity (Wildman–Crippen MR) is 51.9 cm³/mol. The van der Waals surface area contributed by atoms with Gasteiger partial charge >= 0.3 is 5.97 Å². The van der Waals surface area contributed by atoms with E-state index in [9.17, 15) is 9.90 Å². The van der Waals surface area contributed by atoms with E-state index in [2.05, 4.69) is 4.98 Å². The average molecular weight is 212 g/mol. The number of phenolic OH excluding ortho intramolecular Hbond substituents is 1. The molecule has 1 heterocycles. The molecule has 3 N–H and O–H groups in total. The minimum absolute atomic E-state index is 0.0255. The zero-order chi connectivity index (χ0) is 10.3. The summed E-state index contributed by atoms with van der Waals surface area (Å²) in [5.41, 5.74) is 0.532. The summed E-state index contributed by atoms with van der Waals surface area (Å²) in [5.74, 6) is -1.10. The highest BCUT2D eigenvalue weighted by Gasteiger charge is 2.10. The van der Waals surface area contributed by atoms with Crippen LogP contribution < -0.4 is 0 Å². The summed E-state index contributed by atoms with van der Waals surface area (Å²) in [6, 6.07) is 4.29. The van der Waals surface area contributed by atoms with Crippen molar-refractivity contribution in [2.75, 3.05) is 0 Å². The summed E-state index contributed by atoms with van der Waals surface area (Å²) >= 11 is 5.69. The molecule has 0 unspecified atom stereocenters. The molecule has 0 amide bonds. The molecule has 2 rings (SSSR count). The molecular weight excluding hydrogens is 206 g/mol. The molecule has 0 aliphatic heterocycles. The van der Waals surface area contributed by atoms with E-state index >= 15 is 0 Å². The first-order valence-corrected chi connectivity index (χ1v) is 4.20. The van der Waals surface area contributed by atoms with E-state index in [0.717, 1.165) is 0 Å². The molecule has 0 saturated carbocycles. The molecule has 0 bridgehead atoms. The smallest absolute Gasteiger partial charge is 0.352 e. The highest BCUT2D eigenvalue weighted by atomic mass is 35.5. The summed E-state index contributed by atoms with van der Waals surface area (Å²) in [7, 11) is 0. The summed E-state index contributed by atoms with van der Waals surface area (Å²) < 4.78 is 0. The third kappa shape index (κ3) is 1.29. The molecule has 1 aromatic carbocycles. The number of phenols is 1. The van der Waals surface area contributed by atoms with E-state index in [0.29, 0.717) is 15.9 Å². The van der Waals surface area contributed by atoms with Crippen molar-refractivity contribution in [2.24, 2.45) is 0 Å². The van der Waals surface area contributed by atoms with E-state index < -0.39 is 5.97 Å². The maximum atomic E-state index is 10.6. The Morgan fingerprint density at radius 3 is 2.71 bits per heavy atom. The van der Waals surface area contributed by atoms with E-state index in [4.69, 9.17) is 16.7 Å². The maximum Gasteiger partial charge on any atom is 0.352 e. The Balaban J connectivity index is 2.76. The first-order valence-electron chi connectivity index (χ1n) is 3.82. The molecule has 0 aliphatic carbocycles. The molecule has 0 radical (unpaired) electrons. The number of carbonyl (C=O) groups is 1. The predicted octanol–water partition coefficient (Wildman–Crippen LogP) is 2.23. The Morgan fingerprint density at radius 1 is 1.36 bits per heavy atom. The molecule has 0 saturated heterocycles. The summed E-state index contributed by atoms with van der Waals surface area (Å²) in [4.78, 5) is 13.3. The van der Waals surface area contributed by atoms with Crippen LogP contribution in [0, 0.1) is 0 Å². The van der Waals surface area contributed by atoms with Crippen molar-refractivity contribution in [2.45, 2.75) is 0 Å². The van der Waals surface area contributed by atoms with Crippen molar-refractivity contribution >= 4 is 28.5 Å². The fourth-order valence-corrected chi connectivity index (χ4v) is 1.51. The number of hydrogen-bond acceptors (Lipinski definition) is 2. The molecule has 5 heteroatoms. The number of carboxylic acid groups (broad SMARTS) is 1. The fourth-order valence-electron chi connectivity index (χ4n) is 1.30. The molecule has 1 aromatic heterocycles. The Morgan fingerprint density at radius 2 is 2.07 bits per heavy atom. The van der Waals surface area contributed by atoms with Crippen LogP contribution in [-0.4, -0.2) is 21.2 Å². The fraction of sp³-hybridized carbons (Fsp3) is 0. The van der Waals surface area contributed by atoms with Gasteiger partial charge in [0.1, 0.15) is 11.4 Å². The lowest BCUT2D eigenvalue weighted by Gasteiger charge is -1.94. The molecule has 0 aliphatic rings. The van der Waals surface area contributed by atoms with Gasteiger partial charge in [-0.05, 0) is 18.2 Å². The number of hydrogen-bond donors (Lipinski definition) is 3. The highest BCUT2D eigenvalue weighted by Crippen LogP contribution is 2.29. The largest absolute Gasteiger partial charge is 0.507 e. The third-order valence-electron chi connectivity index (χ3n) is 1.91. The summed E-state index contributed by atoms with van der Waals surface area (Å²) in [6.07, 6.45) is 0. The standard InChI is InChI=1S/C9H6ClNO3/c10-4-1-6-5(8(12)2-4)3-7(11-6)9(13)14/h1-3,11-12H,(H,13,14). The van der Waals surface area contributed by atoms with Crippen molar-refractivity contribution in [3.8, 4) is 5.75 Å². The quantitative estimate of drug-likeness (QED) is 0.677. The number of H-pyrrole nitrogens is 1. The first kappa shape index (κ1) is 8.90. The Hall–Kier alpha value is -1.68. The monoisotopic (exact) mass is 211 g/mol. The van der Waals surface area contributed by atoms with E-state index in [1.165, 1.54) is 12.1 Å². The number of aromatic amines is 1. The zero-order valence-corrected chi connectivity index (χ0v) is 7.67. The van der Waals surface area contributed by atoms with Crippen LogP contribution in [0.5, 0.6) is 5.75 Å². The average Bonchev–Trinajstić information content (AvgIpc) is 2.47. The van der Waals surface area contributed by atoms with Crippen LogP contribution in [0.2, 0.25) is 5.02 Å². The molecular formula is C9H6ClNO3. The Labute approximate surface area is 83.7 Å². The molecule has 0 atom stereocenters. The van der Waals surface area contributed by atoms with Gasteiger partial charge in [0.05, 0.1) is 5.52 Å². The van der Waals surface area contributed by atoms with Gasteiger partial charge in [0.2, 0.25) is 0 Å². The molecule has 4 nitrogen and oxygen atoms in total. The maximum absolute atomic E-state index is 10.6. The number of aromatic carboxylic acids is 1. The lowest BCUT2D eigenvalue weighted by molar-refractivity contribution is 0.0691. The molecule has 72 valence electrons. The highest BCUT2D eigenvalue weighted by molar-refractivity contribution is 6.31. The molecule has 0 fully saturated rings. The second-order valence-electron chi connectivity index (χ2n) is 2.87. The third-order valence-corrected chi connectivity index (χ3v) is 2.13. The lowest BCUT2D eigenvalue weighted by Crippen LogP contribution is -1.94.